The highest BCUT2D eigenvalue weighted by Crippen LogP contribution is 1.96. The van der Waals surface area contributed by atoms with Crippen molar-refractivity contribution in [3.8, 4) is 0 Å². The van der Waals surface area contributed by atoms with Gasteiger partial charge in [0.25, 0.3) is 0 Å². The Kier molecular flexibility index (Phi) is 1.86. The van der Waals surface area contributed by atoms with Gasteiger partial charge in [-0.25, -0.2) is 4.99 Å². The third-order valence-electron chi connectivity index (χ3n) is 1.13. The summed E-state index contributed by atoms with van der Waals surface area (Å²) in [6, 6.07) is 0. The van der Waals surface area contributed by atoms with Crippen LogP contribution in [0.1, 0.15) is 6.42 Å². The van der Waals surface area contributed by atoms with E-state index in [4.69, 9.17) is 10.5 Å². The number of methoxy groups -OCH3 is 1. The molecule has 0 aromatic heterocycles. The molecule has 1 amide bonds. The number of carbonyl (C=O) groups excluding carboxylic acids is 1. The Balaban J connectivity index is 2.63. The van der Waals surface area contributed by atoms with E-state index in [0.29, 0.717) is 5.84 Å². The molecule has 0 fully saturated rings. The van der Waals surface area contributed by atoms with Gasteiger partial charge in [0.05, 0.1) is 6.42 Å². The molecule has 10 heavy (non-hydrogen) atoms. The zero-order valence-corrected chi connectivity index (χ0v) is 5.63. The first-order valence-corrected chi connectivity index (χ1v) is 2.86. The van der Waals surface area contributed by atoms with Crippen molar-refractivity contribution in [3.63, 3.8) is 0 Å². The van der Waals surface area contributed by atoms with Crippen LogP contribution in [0.5, 0.6) is 0 Å². The van der Waals surface area contributed by atoms with Gasteiger partial charge >= 0.3 is 0 Å². The summed E-state index contributed by atoms with van der Waals surface area (Å²) in [5, 5.41) is 2.47. The predicted octanol–water partition coefficient (Wildman–Crippen LogP) is -1.21. The van der Waals surface area contributed by atoms with E-state index in [1.807, 2.05) is 0 Å². The van der Waals surface area contributed by atoms with Crippen LogP contribution in [0.25, 0.3) is 0 Å². The molecule has 0 aromatic rings. The van der Waals surface area contributed by atoms with Gasteiger partial charge in [-0.05, 0) is 0 Å². The Labute approximate surface area is 58.3 Å². The van der Waals surface area contributed by atoms with Crippen molar-refractivity contribution >= 4 is 11.7 Å². The van der Waals surface area contributed by atoms with Gasteiger partial charge in [-0.3, -0.25) is 4.79 Å². The van der Waals surface area contributed by atoms with Gasteiger partial charge < -0.3 is 15.8 Å². The van der Waals surface area contributed by atoms with Crippen molar-refractivity contribution < 1.29 is 9.53 Å². The van der Waals surface area contributed by atoms with Crippen LogP contribution in [0.4, 0.5) is 0 Å². The molecule has 1 rings (SSSR count). The Bertz CT molecular complexity index is 178. The average Bonchev–Trinajstić information content (AvgIpc) is 1.85. The highest BCUT2D eigenvalue weighted by molar-refractivity contribution is 6.00. The standard InChI is InChI=1S/C5H9N3O2/c1-10-5-7-3(6)2-4(9)8-5/h5H,2H2,1H3,(H2,6,7)(H,8,9)/t5-/m0/s1. The zero-order valence-electron chi connectivity index (χ0n) is 5.63. The number of hydrogen-bond acceptors (Lipinski definition) is 4. The molecule has 0 saturated heterocycles. The van der Waals surface area contributed by atoms with Crippen molar-refractivity contribution in [2.45, 2.75) is 12.8 Å². The normalized spacial score (nSPS) is 25.5. The second kappa shape index (κ2) is 2.66. The van der Waals surface area contributed by atoms with Crippen molar-refractivity contribution in [2.24, 2.45) is 10.7 Å². The predicted molar refractivity (Wildman–Crippen MR) is 35.2 cm³/mol. The first-order valence-electron chi connectivity index (χ1n) is 2.86. The van der Waals surface area contributed by atoms with Gasteiger partial charge in [-0.2, -0.15) is 0 Å². The summed E-state index contributed by atoms with van der Waals surface area (Å²) < 4.78 is 4.73. The lowest BCUT2D eigenvalue weighted by Gasteiger charge is -2.17. The summed E-state index contributed by atoms with van der Waals surface area (Å²) in [4.78, 5) is 14.5. The molecule has 56 valence electrons. The molecule has 5 heteroatoms. The minimum Gasteiger partial charge on any atom is -0.387 e. The Hall–Kier alpha value is -1.10. The number of nitrogens with one attached hydrogen (secondary N) is 1. The molecule has 1 aliphatic heterocycles. The van der Waals surface area contributed by atoms with Crippen LogP contribution in [0.2, 0.25) is 0 Å². The molecule has 0 saturated carbocycles. The van der Waals surface area contributed by atoms with E-state index in [1.54, 1.807) is 0 Å². The Morgan fingerprint density at radius 1 is 1.90 bits per heavy atom. The number of nitrogens with zero attached hydrogens (tertiary/aromatic N) is 1. The Morgan fingerprint density at radius 3 is 3.10 bits per heavy atom. The molecule has 0 bridgehead atoms. The maximum absolute atomic E-state index is 10.7. The minimum atomic E-state index is -0.596. The lowest BCUT2D eigenvalue weighted by molar-refractivity contribution is -0.124. The molecular formula is C5H9N3O2. The van der Waals surface area contributed by atoms with Crippen LogP contribution >= 0.6 is 0 Å². The third kappa shape index (κ3) is 1.44. The zero-order chi connectivity index (χ0) is 7.56. The van der Waals surface area contributed by atoms with E-state index < -0.39 is 6.35 Å². The quantitative estimate of drug-likeness (QED) is 0.483. The second-order valence-corrected chi connectivity index (χ2v) is 1.95. The molecule has 0 aromatic carbocycles. The summed E-state index contributed by atoms with van der Waals surface area (Å²) in [6.45, 7) is 0. The van der Waals surface area contributed by atoms with Gasteiger partial charge in [0.2, 0.25) is 12.3 Å². The van der Waals surface area contributed by atoms with Crippen LogP contribution in [-0.2, 0) is 9.53 Å². The number of ether oxygens (including phenoxy) is 1. The Morgan fingerprint density at radius 2 is 2.60 bits per heavy atom. The van der Waals surface area contributed by atoms with Crippen LogP contribution < -0.4 is 11.1 Å². The summed E-state index contributed by atoms with van der Waals surface area (Å²) >= 11 is 0. The maximum atomic E-state index is 10.7. The van der Waals surface area contributed by atoms with Gasteiger partial charge in [-0.15, -0.1) is 0 Å². The fourth-order valence-corrected chi connectivity index (χ4v) is 0.693. The van der Waals surface area contributed by atoms with E-state index in [9.17, 15) is 4.79 Å². The topological polar surface area (TPSA) is 76.7 Å². The number of amides is 1. The lowest BCUT2D eigenvalue weighted by atomic mass is 10.3. The average molecular weight is 143 g/mol. The molecule has 1 heterocycles. The fourth-order valence-electron chi connectivity index (χ4n) is 0.693. The van der Waals surface area contributed by atoms with E-state index in [0.717, 1.165) is 0 Å². The van der Waals surface area contributed by atoms with Crippen molar-refractivity contribution in [1.82, 2.24) is 5.32 Å². The highest BCUT2D eigenvalue weighted by Gasteiger charge is 2.16. The lowest BCUT2D eigenvalue weighted by Crippen LogP contribution is -2.42. The van der Waals surface area contributed by atoms with Crippen molar-refractivity contribution in [2.75, 3.05) is 7.11 Å². The van der Waals surface area contributed by atoms with Crippen molar-refractivity contribution in [1.29, 1.82) is 0 Å². The number of rotatable bonds is 1. The van der Waals surface area contributed by atoms with Gasteiger partial charge in [0, 0.05) is 7.11 Å². The maximum Gasteiger partial charge on any atom is 0.231 e. The molecule has 0 spiro atoms. The van der Waals surface area contributed by atoms with Crippen LogP contribution in [0.3, 0.4) is 0 Å². The molecule has 0 aliphatic carbocycles. The fraction of sp³-hybridized carbons (Fsp3) is 0.600. The monoisotopic (exact) mass is 143 g/mol. The highest BCUT2D eigenvalue weighted by atomic mass is 16.5. The first kappa shape index (κ1) is 7.01. The first-order chi connectivity index (χ1) is 4.72. The molecule has 0 radical (unpaired) electrons. The molecule has 1 aliphatic rings. The van der Waals surface area contributed by atoms with E-state index in [1.165, 1.54) is 7.11 Å². The smallest absolute Gasteiger partial charge is 0.231 e. The van der Waals surface area contributed by atoms with Gasteiger partial charge in [0.1, 0.15) is 5.84 Å². The molecule has 0 unspecified atom stereocenters. The number of aliphatic imine (C=N–C) groups is 1. The molecule has 1 atom stereocenters. The van der Waals surface area contributed by atoms with E-state index >= 15 is 0 Å². The summed E-state index contributed by atoms with van der Waals surface area (Å²) in [7, 11) is 1.45. The van der Waals surface area contributed by atoms with E-state index in [2.05, 4.69) is 10.3 Å². The molecule has 3 N–H and O–H groups in total. The number of amidine groups is 1. The van der Waals surface area contributed by atoms with Gasteiger partial charge in [-0.1, -0.05) is 0 Å². The SMILES string of the molecule is CO[C@H]1N=C(N)CC(=O)N1. The number of nitrogens with two attached hydrogens (primary N) is 1. The summed E-state index contributed by atoms with van der Waals surface area (Å²) in [5.41, 5.74) is 5.30. The third-order valence-corrected chi connectivity index (χ3v) is 1.13. The number of hydrogen-bond donors (Lipinski definition) is 2. The number of carbonyl (C=O) groups is 1. The van der Waals surface area contributed by atoms with Crippen LogP contribution in [0, 0.1) is 0 Å². The molecular weight excluding hydrogens is 134 g/mol. The second-order valence-electron chi connectivity index (χ2n) is 1.95. The minimum absolute atomic E-state index is 0.153. The van der Waals surface area contributed by atoms with Crippen molar-refractivity contribution in [3.05, 3.63) is 0 Å². The summed E-state index contributed by atoms with van der Waals surface area (Å²) in [6.07, 6.45) is -0.430. The summed E-state index contributed by atoms with van der Waals surface area (Å²) in [5.74, 6) is 0.162. The largest absolute Gasteiger partial charge is 0.387 e. The molecule has 5 nitrogen and oxygen atoms in total. The van der Waals surface area contributed by atoms with Crippen LogP contribution in [0.15, 0.2) is 4.99 Å². The van der Waals surface area contributed by atoms with Crippen LogP contribution in [-0.4, -0.2) is 25.2 Å². The van der Waals surface area contributed by atoms with E-state index in [-0.39, 0.29) is 12.3 Å². The van der Waals surface area contributed by atoms with Gasteiger partial charge in [0.15, 0.2) is 0 Å².